The first kappa shape index (κ1) is 24.2. The number of rotatable bonds is 5. The van der Waals surface area contributed by atoms with Crippen LogP contribution in [0.4, 0.5) is 11.4 Å². The third-order valence-corrected chi connectivity index (χ3v) is 12.0. The van der Waals surface area contributed by atoms with E-state index in [0.29, 0.717) is 5.69 Å². The second-order valence-electron chi connectivity index (χ2n) is 11.1. The van der Waals surface area contributed by atoms with Gasteiger partial charge in [-0.3, -0.25) is 19.3 Å². The summed E-state index contributed by atoms with van der Waals surface area (Å²) in [5.74, 6) is -0.0698. The first-order valence-electron chi connectivity index (χ1n) is 13.6. The number of amides is 2. The second-order valence-corrected chi connectivity index (χ2v) is 13.3. The van der Waals surface area contributed by atoms with Crippen LogP contribution < -0.4 is 14.7 Å². The van der Waals surface area contributed by atoms with Crippen molar-refractivity contribution in [1.29, 1.82) is 0 Å². The van der Waals surface area contributed by atoms with Gasteiger partial charge in [0.05, 0.1) is 22.5 Å². The van der Waals surface area contributed by atoms with Crippen LogP contribution in [0, 0.1) is 36.5 Å². The Kier molecular flexibility index (Phi) is 5.64. The summed E-state index contributed by atoms with van der Waals surface area (Å²) in [7, 11) is 0. The molecular formula is C30H31N3O3S2. The lowest BCUT2D eigenvalue weighted by molar-refractivity contribution is -0.123. The van der Waals surface area contributed by atoms with E-state index < -0.39 is 0 Å². The number of hydrogen-bond acceptors (Lipinski definition) is 6. The Hall–Kier alpha value is -2.84. The number of aromatic nitrogens is 1. The van der Waals surface area contributed by atoms with Crippen LogP contribution in [-0.2, 0) is 9.59 Å². The molecule has 3 fully saturated rings. The number of benzene rings is 2. The molecule has 0 unspecified atom stereocenters. The molecule has 3 heterocycles. The fourth-order valence-corrected chi connectivity index (χ4v) is 10.7. The van der Waals surface area contributed by atoms with Crippen LogP contribution >= 0.6 is 23.1 Å². The van der Waals surface area contributed by atoms with Crippen molar-refractivity contribution in [3.8, 4) is 0 Å². The van der Waals surface area contributed by atoms with Crippen molar-refractivity contribution in [2.45, 2.75) is 43.4 Å². The van der Waals surface area contributed by atoms with Crippen LogP contribution in [0.3, 0.4) is 0 Å². The first-order valence-corrected chi connectivity index (χ1v) is 15.3. The molecule has 6 nitrogen and oxygen atoms in total. The Morgan fingerprint density at radius 1 is 0.921 bits per heavy atom. The monoisotopic (exact) mass is 545 g/mol. The second kappa shape index (κ2) is 8.85. The number of H-pyrrole nitrogens is 1. The van der Waals surface area contributed by atoms with E-state index in [1.807, 2.05) is 31.2 Å². The number of anilines is 2. The normalized spacial score (nSPS) is 30.9. The molecule has 2 aliphatic heterocycles. The maximum atomic E-state index is 13.9. The van der Waals surface area contributed by atoms with Crippen molar-refractivity contribution in [2.24, 2.45) is 29.6 Å². The predicted octanol–water partition coefficient (Wildman–Crippen LogP) is 5.27. The molecule has 0 radical (unpaired) electrons. The minimum Gasteiger partial charge on any atom is -0.372 e. The Bertz CT molecular complexity index is 1470. The van der Waals surface area contributed by atoms with Crippen LogP contribution in [0.25, 0.3) is 0 Å². The molecule has 2 aliphatic carbocycles. The molecule has 7 rings (SSSR count). The summed E-state index contributed by atoms with van der Waals surface area (Å²) in [5, 5.41) is 1.16. The average molecular weight is 546 g/mol. The summed E-state index contributed by atoms with van der Waals surface area (Å²) in [4.78, 5) is 48.1. The van der Waals surface area contributed by atoms with E-state index in [1.54, 1.807) is 11.8 Å². The molecule has 38 heavy (non-hydrogen) atoms. The summed E-state index contributed by atoms with van der Waals surface area (Å²) in [6, 6.07) is 16.5. The van der Waals surface area contributed by atoms with Crippen LogP contribution in [0.1, 0.15) is 42.2 Å². The Morgan fingerprint density at radius 2 is 1.58 bits per heavy atom. The Labute approximate surface area is 230 Å². The first-order chi connectivity index (χ1) is 18.4. The highest BCUT2D eigenvalue weighted by atomic mass is 32.2. The summed E-state index contributed by atoms with van der Waals surface area (Å²) in [6.07, 6.45) is 0.907. The molecule has 8 heteroatoms. The number of aryl methyl sites for hydroxylation is 1. The van der Waals surface area contributed by atoms with E-state index in [4.69, 9.17) is 0 Å². The van der Waals surface area contributed by atoms with Crippen LogP contribution in [0.15, 0.2) is 58.4 Å². The van der Waals surface area contributed by atoms with Gasteiger partial charge in [-0.05, 0) is 74.8 Å². The fourth-order valence-electron chi connectivity index (χ4n) is 7.82. The topological polar surface area (TPSA) is 73.5 Å². The molecule has 1 saturated heterocycles. The summed E-state index contributed by atoms with van der Waals surface area (Å²) < 4.78 is 0. The molecule has 0 spiro atoms. The number of fused-ring (bicyclic) bond motifs is 9. The van der Waals surface area contributed by atoms with Crippen molar-refractivity contribution in [3.63, 3.8) is 0 Å². The lowest BCUT2D eigenvalue weighted by Gasteiger charge is -2.43. The highest BCUT2D eigenvalue weighted by Gasteiger charge is 2.69. The zero-order valence-corrected chi connectivity index (χ0v) is 23.4. The predicted molar refractivity (Wildman–Crippen MR) is 152 cm³/mol. The van der Waals surface area contributed by atoms with E-state index >= 15 is 0 Å². The van der Waals surface area contributed by atoms with Gasteiger partial charge in [-0.15, -0.1) is 11.8 Å². The number of imide groups is 1. The van der Waals surface area contributed by atoms with Gasteiger partial charge in [0, 0.05) is 34.8 Å². The summed E-state index contributed by atoms with van der Waals surface area (Å²) >= 11 is 3.05. The van der Waals surface area contributed by atoms with Gasteiger partial charge in [0.1, 0.15) is 0 Å². The van der Waals surface area contributed by atoms with Crippen LogP contribution in [0.5, 0.6) is 0 Å². The molecular weight excluding hydrogens is 514 g/mol. The van der Waals surface area contributed by atoms with E-state index in [2.05, 4.69) is 48.0 Å². The number of aromatic amines is 1. The standard InChI is InChI=1S/C30H31N3O3S2/c1-4-32(5-2)17-12-8-16(9-13-17)21-22-19-14-20(25(22)37-27-26(21)38-30(36)31-27)24-23(19)28(34)33(29(24)35)18-10-6-15(3)7-11-18/h6-13,19-25H,4-5,14H2,1-3H3,(H,31,36)/t19-,20-,21-,22+,23-,24-,25-/m1/s1. The number of thiazole rings is 1. The van der Waals surface area contributed by atoms with Crippen molar-refractivity contribution in [3.05, 3.63) is 74.2 Å². The summed E-state index contributed by atoms with van der Waals surface area (Å²) in [5.41, 5.74) is 4.18. The minimum atomic E-state index is -0.273. The van der Waals surface area contributed by atoms with E-state index in [9.17, 15) is 14.4 Å². The van der Waals surface area contributed by atoms with Gasteiger partial charge < -0.3 is 9.88 Å². The maximum Gasteiger partial charge on any atom is 0.305 e. The largest absolute Gasteiger partial charge is 0.372 e. The molecule has 2 bridgehead atoms. The van der Waals surface area contributed by atoms with Gasteiger partial charge in [0.2, 0.25) is 11.8 Å². The molecule has 1 aromatic heterocycles. The zero-order valence-electron chi connectivity index (χ0n) is 21.7. The van der Waals surface area contributed by atoms with Gasteiger partial charge >= 0.3 is 4.87 Å². The zero-order chi connectivity index (χ0) is 26.3. The van der Waals surface area contributed by atoms with Crippen LogP contribution in [-0.4, -0.2) is 35.1 Å². The molecule has 2 saturated carbocycles. The van der Waals surface area contributed by atoms with Gasteiger partial charge in [-0.2, -0.15) is 0 Å². The average Bonchev–Trinajstić information content (AvgIpc) is 3.65. The maximum absolute atomic E-state index is 13.9. The van der Waals surface area contributed by atoms with Crippen molar-refractivity contribution < 1.29 is 9.59 Å². The van der Waals surface area contributed by atoms with Crippen molar-refractivity contribution >= 4 is 46.3 Å². The highest BCUT2D eigenvalue weighted by Crippen LogP contribution is 2.68. The van der Waals surface area contributed by atoms with Gasteiger partial charge in [-0.25, -0.2) is 0 Å². The number of carbonyl (C=O) groups excluding carboxylic acids is 2. The number of carbonyl (C=O) groups is 2. The molecule has 7 atom stereocenters. The lowest BCUT2D eigenvalue weighted by atomic mass is 9.68. The molecule has 1 N–H and O–H groups in total. The number of thioether (sulfide) groups is 1. The minimum absolute atomic E-state index is 0.0301. The lowest BCUT2D eigenvalue weighted by Crippen LogP contribution is -2.42. The third kappa shape index (κ3) is 3.35. The van der Waals surface area contributed by atoms with E-state index in [1.165, 1.54) is 27.5 Å². The van der Waals surface area contributed by atoms with Gasteiger partial charge in [0.15, 0.2) is 0 Å². The molecule has 2 amide bonds. The Morgan fingerprint density at radius 3 is 2.24 bits per heavy atom. The molecule has 2 aromatic carbocycles. The van der Waals surface area contributed by atoms with Crippen molar-refractivity contribution in [1.82, 2.24) is 4.98 Å². The number of hydrogen-bond donors (Lipinski definition) is 1. The number of nitrogens with zero attached hydrogens (tertiary/aromatic N) is 2. The fraction of sp³-hybridized carbons (Fsp3) is 0.433. The van der Waals surface area contributed by atoms with Crippen molar-refractivity contribution in [2.75, 3.05) is 22.9 Å². The van der Waals surface area contributed by atoms with E-state index in [0.717, 1.165) is 35.0 Å². The molecule has 196 valence electrons. The molecule has 3 aromatic rings. The highest BCUT2D eigenvalue weighted by molar-refractivity contribution is 8.00. The van der Waals surface area contributed by atoms with Gasteiger partial charge in [0.25, 0.3) is 0 Å². The smallest absolute Gasteiger partial charge is 0.305 e. The summed E-state index contributed by atoms with van der Waals surface area (Å²) in [6.45, 7) is 8.23. The quantitative estimate of drug-likeness (QED) is 0.443. The van der Waals surface area contributed by atoms with Crippen LogP contribution in [0.2, 0.25) is 0 Å². The van der Waals surface area contributed by atoms with Gasteiger partial charge in [-0.1, -0.05) is 41.2 Å². The number of nitrogens with one attached hydrogen (secondary N) is 1. The van der Waals surface area contributed by atoms with E-state index in [-0.39, 0.29) is 57.4 Å². The molecule has 4 aliphatic rings. The third-order valence-electron chi connectivity index (χ3n) is 9.40. The Balaban J connectivity index is 1.28. The SMILES string of the molecule is CCN(CC)c1ccc([C@H]2c3sc(=O)[nH]c3S[C@@H]3[C@@H]4C[C@@H]([C@H]5C(=O)N(c6ccc(C)cc6)C(=O)[C@H]45)[C@@H]23)cc1.